The fraction of sp³-hybridized carbons (Fsp3) is 0.0870. The highest BCUT2D eigenvalue weighted by atomic mass is 79.9. The second-order valence-corrected chi connectivity index (χ2v) is 7.63. The van der Waals surface area contributed by atoms with Gasteiger partial charge in [0, 0.05) is 15.4 Å². The maximum absolute atomic E-state index is 12.3. The quantitative estimate of drug-likeness (QED) is 0.237. The number of hydrogen-bond acceptors (Lipinski definition) is 6. The molecule has 4 aromatic rings. The number of ether oxygens (including phenoxy) is 1. The van der Waals surface area contributed by atoms with E-state index in [1.807, 2.05) is 19.1 Å². The Hall–Kier alpha value is -3.65. The van der Waals surface area contributed by atoms with Gasteiger partial charge < -0.3 is 13.6 Å². The first kappa shape index (κ1) is 20.6. The van der Waals surface area contributed by atoms with Gasteiger partial charge in [0.05, 0.1) is 18.9 Å². The predicted molar refractivity (Wildman–Crippen MR) is 119 cm³/mol. The van der Waals surface area contributed by atoms with Gasteiger partial charge >= 0.3 is 11.9 Å². The molecule has 0 saturated carbocycles. The molecule has 0 aliphatic rings. The lowest BCUT2D eigenvalue weighted by atomic mass is 10.0. The van der Waals surface area contributed by atoms with Gasteiger partial charge in [-0.15, -0.1) is 0 Å². The minimum atomic E-state index is -0.468. The first-order valence-corrected chi connectivity index (χ1v) is 10.1. The van der Waals surface area contributed by atoms with Gasteiger partial charge in [-0.05, 0) is 61.0 Å². The Morgan fingerprint density at radius 3 is 2.68 bits per heavy atom. The molecule has 0 spiro atoms. The van der Waals surface area contributed by atoms with E-state index in [9.17, 15) is 9.59 Å². The number of hydrogen-bond donors (Lipinski definition) is 1. The molecule has 2 heterocycles. The number of methoxy groups -OCH3 is 1. The maximum Gasteiger partial charge on any atom is 0.337 e. The van der Waals surface area contributed by atoms with E-state index in [-0.39, 0.29) is 5.76 Å². The molecular weight excluding hydrogens is 464 g/mol. The van der Waals surface area contributed by atoms with E-state index in [0.717, 1.165) is 21.0 Å². The normalized spacial score (nSPS) is 11.2. The smallest absolute Gasteiger partial charge is 0.337 e. The number of esters is 1. The summed E-state index contributed by atoms with van der Waals surface area (Å²) in [7, 11) is 1.34. The van der Waals surface area contributed by atoms with Gasteiger partial charge in [-0.3, -0.25) is 4.79 Å². The third kappa shape index (κ3) is 4.44. The van der Waals surface area contributed by atoms with E-state index in [1.165, 1.54) is 13.3 Å². The standard InChI is InChI=1S/C23H17BrN2O5/c1-13-9-14(23(28)29-2)3-6-18(13)20-8-5-17(30-20)12-25-26-22(27)21-11-15-10-16(24)4-7-19(15)31-21/h3-12H,1-2H3,(H,26,27)/b25-12+. The number of hydrazone groups is 1. The first-order chi connectivity index (χ1) is 14.9. The zero-order valence-corrected chi connectivity index (χ0v) is 18.2. The molecule has 1 amide bonds. The highest BCUT2D eigenvalue weighted by Crippen LogP contribution is 2.26. The number of aryl methyl sites for hydroxylation is 1. The van der Waals surface area contributed by atoms with Crippen LogP contribution in [0.4, 0.5) is 0 Å². The molecule has 4 rings (SSSR count). The Labute approximate surface area is 185 Å². The van der Waals surface area contributed by atoms with Crippen LogP contribution in [-0.4, -0.2) is 25.2 Å². The average molecular weight is 481 g/mol. The van der Waals surface area contributed by atoms with Crippen molar-refractivity contribution < 1.29 is 23.2 Å². The van der Waals surface area contributed by atoms with Gasteiger partial charge in [-0.25, -0.2) is 10.2 Å². The van der Waals surface area contributed by atoms with Crippen molar-refractivity contribution in [3.8, 4) is 11.3 Å². The summed E-state index contributed by atoms with van der Waals surface area (Å²) < 4.78 is 16.9. The zero-order valence-electron chi connectivity index (χ0n) is 16.6. The summed E-state index contributed by atoms with van der Waals surface area (Å²) in [5.41, 5.74) is 5.21. The molecule has 0 unspecified atom stereocenters. The zero-order chi connectivity index (χ0) is 22.0. The fourth-order valence-corrected chi connectivity index (χ4v) is 3.47. The van der Waals surface area contributed by atoms with Crippen molar-refractivity contribution in [2.75, 3.05) is 7.11 Å². The van der Waals surface area contributed by atoms with Crippen LogP contribution in [0.25, 0.3) is 22.3 Å². The third-order valence-corrected chi connectivity index (χ3v) is 5.09. The van der Waals surface area contributed by atoms with Crippen molar-refractivity contribution >= 4 is 45.0 Å². The van der Waals surface area contributed by atoms with Crippen molar-refractivity contribution in [3.05, 3.63) is 81.7 Å². The van der Waals surface area contributed by atoms with Crippen molar-refractivity contribution in [1.82, 2.24) is 5.43 Å². The van der Waals surface area contributed by atoms with Crippen LogP contribution in [0.1, 0.15) is 32.2 Å². The molecule has 2 aromatic heterocycles. The second kappa shape index (κ2) is 8.61. The van der Waals surface area contributed by atoms with Crippen molar-refractivity contribution in [2.24, 2.45) is 5.10 Å². The monoisotopic (exact) mass is 480 g/mol. The minimum absolute atomic E-state index is 0.159. The van der Waals surface area contributed by atoms with Gasteiger partial charge in [0.2, 0.25) is 0 Å². The summed E-state index contributed by atoms with van der Waals surface area (Å²) in [5, 5.41) is 4.75. The van der Waals surface area contributed by atoms with Crippen LogP contribution in [0, 0.1) is 6.92 Å². The van der Waals surface area contributed by atoms with E-state index >= 15 is 0 Å². The fourth-order valence-electron chi connectivity index (χ4n) is 3.09. The number of furan rings is 2. The summed E-state index contributed by atoms with van der Waals surface area (Å²) >= 11 is 3.39. The lowest BCUT2D eigenvalue weighted by Crippen LogP contribution is -2.16. The first-order valence-electron chi connectivity index (χ1n) is 9.26. The lowest BCUT2D eigenvalue weighted by molar-refractivity contribution is 0.0600. The largest absolute Gasteiger partial charge is 0.465 e. The van der Waals surface area contributed by atoms with E-state index in [1.54, 1.807) is 42.5 Å². The number of benzene rings is 2. The van der Waals surface area contributed by atoms with Gasteiger partial charge in [-0.2, -0.15) is 5.10 Å². The number of fused-ring (bicyclic) bond motifs is 1. The SMILES string of the molecule is COC(=O)c1ccc(-c2ccc(/C=N/NC(=O)c3cc4cc(Br)ccc4o3)o2)c(C)c1. The molecule has 0 radical (unpaired) electrons. The molecular formula is C23H17BrN2O5. The highest BCUT2D eigenvalue weighted by molar-refractivity contribution is 9.10. The average Bonchev–Trinajstić information content (AvgIpc) is 3.39. The number of amides is 1. The highest BCUT2D eigenvalue weighted by Gasteiger charge is 2.13. The number of halogens is 1. The number of rotatable bonds is 5. The van der Waals surface area contributed by atoms with Crippen molar-refractivity contribution in [2.45, 2.75) is 6.92 Å². The molecule has 1 N–H and O–H groups in total. The number of carbonyl (C=O) groups excluding carboxylic acids is 2. The van der Waals surface area contributed by atoms with Crippen LogP contribution in [-0.2, 0) is 4.74 Å². The van der Waals surface area contributed by atoms with Crippen LogP contribution in [0.5, 0.6) is 0 Å². The number of carbonyl (C=O) groups is 2. The minimum Gasteiger partial charge on any atom is -0.465 e. The molecule has 0 saturated heterocycles. The summed E-state index contributed by atoms with van der Waals surface area (Å²) in [6.45, 7) is 1.88. The molecule has 0 aliphatic heterocycles. The van der Waals surface area contributed by atoms with Crippen LogP contribution in [0.2, 0.25) is 0 Å². The van der Waals surface area contributed by atoms with Gasteiger partial charge in [0.25, 0.3) is 0 Å². The Balaban J connectivity index is 1.44. The van der Waals surface area contributed by atoms with E-state index in [4.69, 9.17) is 13.6 Å². The summed E-state index contributed by atoms with van der Waals surface area (Å²) in [5.74, 6) is 0.371. The Kier molecular flexibility index (Phi) is 5.73. The molecule has 156 valence electrons. The van der Waals surface area contributed by atoms with E-state index < -0.39 is 11.9 Å². The van der Waals surface area contributed by atoms with Gasteiger partial charge in [0.1, 0.15) is 17.1 Å². The molecule has 0 bridgehead atoms. The Bertz CT molecular complexity index is 1320. The molecule has 0 aliphatic carbocycles. The van der Waals surface area contributed by atoms with Crippen molar-refractivity contribution in [3.63, 3.8) is 0 Å². The van der Waals surface area contributed by atoms with E-state index in [0.29, 0.717) is 22.7 Å². The summed E-state index contributed by atoms with van der Waals surface area (Å²) in [6, 6.07) is 15.9. The van der Waals surface area contributed by atoms with Gasteiger partial charge in [0.15, 0.2) is 5.76 Å². The lowest BCUT2D eigenvalue weighted by Gasteiger charge is -2.05. The van der Waals surface area contributed by atoms with Crippen LogP contribution in [0.15, 0.2) is 73.0 Å². The predicted octanol–water partition coefficient (Wildman–Crippen LogP) is 5.31. The summed E-state index contributed by atoms with van der Waals surface area (Å²) in [6.07, 6.45) is 1.40. The van der Waals surface area contributed by atoms with Crippen LogP contribution < -0.4 is 5.43 Å². The molecule has 31 heavy (non-hydrogen) atoms. The molecule has 0 fully saturated rings. The topological polar surface area (TPSA) is 94.0 Å². The third-order valence-electron chi connectivity index (χ3n) is 4.60. The van der Waals surface area contributed by atoms with Crippen molar-refractivity contribution in [1.29, 1.82) is 0 Å². The van der Waals surface area contributed by atoms with Crippen LogP contribution >= 0.6 is 15.9 Å². The molecule has 0 atom stereocenters. The molecule has 2 aromatic carbocycles. The second-order valence-electron chi connectivity index (χ2n) is 6.72. The van der Waals surface area contributed by atoms with Crippen LogP contribution in [0.3, 0.4) is 0 Å². The summed E-state index contributed by atoms with van der Waals surface area (Å²) in [4.78, 5) is 23.9. The number of nitrogens with one attached hydrogen (secondary N) is 1. The Morgan fingerprint density at radius 1 is 1.06 bits per heavy atom. The van der Waals surface area contributed by atoms with E-state index in [2.05, 4.69) is 26.5 Å². The maximum atomic E-state index is 12.3. The molecule has 7 nitrogen and oxygen atoms in total. The Morgan fingerprint density at radius 2 is 1.90 bits per heavy atom. The van der Waals surface area contributed by atoms with Gasteiger partial charge in [-0.1, -0.05) is 22.0 Å². The molecule has 8 heteroatoms. The number of nitrogens with zero attached hydrogens (tertiary/aromatic N) is 1.